The Bertz CT molecular complexity index is 486. The van der Waals surface area contributed by atoms with Crippen molar-refractivity contribution in [2.24, 2.45) is 0 Å². The van der Waals surface area contributed by atoms with Crippen molar-refractivity contribution in [2.45, 2.75) is 37.4 Å². The molecule has 2 fully saturated rings. The molecule has 0 saturated carbocycles. The highest BCUT2D eigenvalue weighted by Gasteiger charge is 2.44. The standard InChI is InChI=1S/C15H24F3N3O3/c1-19-6-7-21(13(24)10-15(16,17)18)11-14(19)3-2-12(23)20(5-4-14)8-9-22/h22H,2-11H2,1H3/t14-/m0/s1. The summed E-state index contributed by atoms with van der Waals surface area (Å²) < 4.78 is 37.5. The van der Waals surface area contributed by atoms with E-state index in [2.05, 4.69) is 4.90 Å². The molecule has 0 aromatic rings. The molecular formula is C15H24F3N3O3. The number of carbonyl (C=O) groups is 2. The van der Waals surface area contributed by atoms with Gasteiger partial charge in [0.1, 0.15) is 6.42 Å². The summed E-state index contributed by atoms with van der Waals surface area (Å²) in [5.74, 6) is -0.967. The molecule has 0 aliphatic carbocycles. The molecule has 0 bridgehead atoms. The summed E-state index contributed by atoms with van der Waals surface area (Å²) in [6, 6.07) is 0. The Balaban J connectivity index is 2.09. The van der Waals surface area contributed by atoms with Crippen LogP contribution in [0.3, 0.4) is 0 Å². The Morgan fingerprint density at radius 1 is 1.25 bits per heavy atom. The van der Waals surface area contributed by atoms with Crippen LogP contribution in [-0.2, 0) is 9.59 Å². The maximum atomic E-state index is 12.5. The van der Waals surface area contributed by atoms with Gasteiger partial charge in [-0.15, -0.1) is 0 Å². The van der Waals surface area contributed by atoms with Crippen molar-refractivity contribution in [1.29, 1.82) is 0 Å². The molecule has 6 nitrogen and oxygen atoms in total. The fourth-order valence-corrected chi connectivity index (χ4v) is 3.55. The number of hydrogen-bond donors (Lipinski definition) is 1. The SMILES string of the molecule is CN1CCN(C(=O)CC(F)(F)F)C[C@@]12CCC(=O)N(CCO)CC2. The van der Waals surface area contributed by atoms with Gasteiger partial charge in [0, 0.05) is 44.7 Å². The maximum Gasteiger partial charge on any atom is 0.397 e. The van der Waals surface area contributed by atoms with Gasteiger partial charge in [-0.25, -0.2) is 0 Å². The highest BCUT2D eigenvalue weighted by Crippen LogP contribution is 2.33. The summed E-state index contributed by atoms with van der Waals surface area (Å²) in [5, 5.41) is 9.04. The summed E-state index contributed by atoms with van der Waals surface area (Å²) in [7, 11) is 1.89. The van der Waals surface area contributed by atoms with E-state index in [0.717, 1.165) is 0 Å². The Kier molecular flexibility index (Phi) is 5.74. The predicted octanol–water partition coefficient (Wildman–Crippen LogP) is 0.456. The lowest BCUT2D eigenvalue weighted by atomic mass is 9.86. The summed E-state index contributed by atoms with van der Waals surface area (Å²) in [6.07, 6.45) is -4.61. The van der Waals surface area contributed by atoms with Crippen molar-refractivity contribution in [2.75, 3.05) is 46.4 Å². The summed E-state index contributed by atoms with van der Waals surface area (Å²) in [6.45, 7) is 1.53. The molecule has 2 aliphatic heterocycles. The lowest BCUT2D eigenvalue weighted by molar-refractivity contribution is -0.165. The first kappa shape index (κ1) is 19.0. The van der Waals surface area contributed by atoms with Crippen LogP contribution in [-0.4, -0.2) is 89.7 Å². The highest BCUT2D eigenvalue weighted by atomic mass is 19.4. The van der Waals surface area contributed by atoms with Crippen LogP contribution >= 0.6 is 0 Å². The molecule has 1 spiro atoms. The fraction of sp³-hybridized carbons (Fsp3) is 0.867. The first-order valence-corrected chi connectivity index (χ1v) is 8.11. The zero-order chi connectivity index (χ0) is 18.0. The quantitative estimate of drug-likeness (QED) is 0.802. The minimum absolute atomic E-state index is 0.0620. The van der Waals surface area contributed by atoms with E-state index >= 15 is 0 Å². The number of rotatable bonds is 3. The van der Waals surface area contributed by atoms with Crippen molar-refractivity contribution in [3.8, 4) is 0 Å². The number of hydrogen-bond acceptors (Lipinski definition) is 4. The van der Waals surface area contributed by atoms with Crippen molar-refractivity contribution >= 4 is 11.8 Å². The van der Waals surface area contributed by atoms with E-state index in [1.165, 1.54) is 4.90 Å². The second kappa shape index (κ2) is 7.26. The average molecular weight is 351 g/mol. The molecule has 2 rings (SSSR count). The Hall–Kier alpha value is -1.35. The van der Waals surface area contributed by atoms with Gasteiger partial charge in [-0.2, -0.15) is 13.2 Å². The number of carbonyl (C=O) groups excluding carboxylic acids is 2. The molecule has 1 N–H and O–H groups in total. The van der Waals surface area contributed by atoms with Crippen molar-refractivity contribution < 1.29 is 27.9 Å². The topological polar surface area (TPSA) is 64.1 Å². The summed E-state index contributed by atoms with van der Waals surface area (Å²) >= 11 is 0. The zero-order valence-electron chi connectivity index (χ0n) is 13.8. The van der Waals surface area contributed by atoms with E-state index in [9.17, 15) is 22.8 Å². The Morgan fingerprint density at radius 3 is 2.58 bits per heavy atom. The van der Waals surface area contributed by atoms with Gasteiger partial charge in [0.05, 0.1) is 6.61 Å². The fourth-order valence-electron chi connectivity index (χ4n) is 3.55. The number of β-amino-alcohol motifs (C(OH)–C–C–N with tert-alkyl or cyclic N) is 1. The average Bonchev–Trinajstić information content (AvgIpc) is 2.63. The van der Waals surface area contributed by atoms with E-state index in [0.29, 0.717) is 25.9 Å². The number of aliphatic hydroxyl groups is 1. The second-order valence-electron chi connectivity index (χ2n) is 6.61. The third kappa shape index (κ3) is 4.38. The molecule has 0 aromatic heterocycles. The number of alkyl halides is 3. The molecule has 2 heterocycles. The van der Waals surface area contributed by atoms with E-state index in [4.69, 9.17) is 5.11 Å². The maximum absolute atomic E-state index is 12.5. The van der Waals surface area contributed by atoms with Crippen LogP contribution in [0.5, 0.6) is 0 Å². The van der Waals surface area contributed by atoms with Crippen molar-refractivity contribution in [3.05, 3.63) is 0 Å². The number of amides is 2. The summed E-state index contributed by atoms with van der Waals surface area (Å²) in [4.78, 5) is 29.0. The van der Waals surface area contributed by atoms with Crippen molar-refractivity contribution in [1.82, 2.24) is 14.7 Å². The molecular weight excluding hydrogens is 327 g/mol. The number of aliphatic hydroxyl groups excluding tert-OH is 1. The Labute approximate surface area is 139 Å². The monoisotopic (exact) mass is 351 g/mol. The van der Waals surface area contributed by atoms with Crippen LogP contribution in [0, 0.1) is 0 Å². The van der Waals surface area contributed by atoms with Gasteiger partial charge in [-0.3, -0.25) is 14.5 Å². The van der Waals surface area contributed by atoms with Crippen LogP contribution in [0.15, 0.2) is 0 Å². The second-order valence-corrected chi connectivity index (χ2v) is 6.61. The van der Waals surface area contributed by atoms with Crippen LogP contribution in [0.2, 0.25) is 0 Å². The van der Waals surface area contributed by atoms with Gasteiger partial charge in [-0.1, -0.05) is 0 Å². The number of nitrogens with zero attached hydrogens (tertiary/aromatic N) is 3. The third-order valence-electron chi connectivity index (χ3n) is 5.08. The molecule has 138 valence electrons. The first-order chi connectivity index (χ1) is 11.2. The normalized spacial score (nSPS) is 26.8. The number of likely N-dealkylation sites (tertiary alicyclic amines) is 1. The van der Waals surface area contributed by atoms with Gasteiger partial charge in [0.25, 0.3) is 0 Å². The van der Waals surface area contributed by atoms with Gasteiger partial charge < -0.3 is 14.9 Å². The minimum atomic E-state index is -4.51. The lowest BCUT2D eigenvalue weighted by Crippen LogP contribution is -2.62. The molecule has 2 amide bonds. The smallest absolute Gasteiger partial charge is 0.395 e. The predicted molar refractivity (Wildman–Crippen MR) is 80.1 cm³/mol. The van der Waals surface area contributed by atoms with Crippen LogP contribution < -0.4 is 0 Å². The largest absolute Gasteiger partial charge is 0.397 e. The van der Waals surface area contributed by atoms with Gasteiger partial charge in [-0.05, 0) is 19.9 Å². The lowest BCUT2D eigenvalue weighted by Gasteiger charge is -2.49. The van der Waals surface area contributed by atoms with E-state index in [1.807, 2.05) is 7.05 Å². The minimum Gasteiger partial charge on any atom is -0.395 e. The van der Waals surface area contributed by atoms with E-state index in [-0.39, 0.29) is 38.6 Å². The molecule has 9 heteroatoms. The molecule has 0 radical (unpaired) electrons. The summed E-state index contributed by atoms with van der Waals surface area (Å²) in [5.41, 5.74) is -0.487. The van der Waals surface area contributed by atoms with Crippen molar-refractivity contribution in [3.63, 3.8) is 0 Å². The molecule has 24 heavy (non-hydrogen) atoms. The molecule has 0 unspecified atom stereocenters. The third-order valence-corrected chi connectivity index (χ3v) is 5.08. The van der Waals surface area contributed by atoms with Crippen LogP contribution in [0.4, 0.5) is 13.2 Å². The van der Waals surface area contributed by atoms with Gasteiger partial charge >= 0.3 is 6.18 Å². The van der Waals surface area contributed by atoms with E-state index < -0.39 is 24.0 Å². The van der Waals surface area contributed by atoms with Gasteiger partial charge in [0.2, 0.25) is 11.8 Å². The van der Waals surface area contributed by atoms with Crippen LogP contribution in [0.25, 0.3) is 0 Å². The Morgan fingerprint density at radius 2 is 1.96 bits per heavy atom. The molecule has 1 atom stereocenters. The molecule has 2 aliphatic rings. The number of piperazine rings is 1. The zero-order valence-corrected chi connectivity index (χ0v) is 13.8. The molecule has 0 aromatic carbocycles. The van der Waals surface area contributed by atoms with Gasteiger partial charge in [0.15, 0.2) is 0 Å². The number of likely N-dealkylation sites (N-methyl/N-ethyl adjacent to an activating group) is 1. The number of halogens is 3. The van der Waals surface area contributed by atoms with E-state index in [1.54, 1.807) is 4.90 Å². The van der Waals surface area contributed by atoms with Crippen LogP contribution in [0.1, 0.15) is 25.7 Å². The molecule has 2 saturated heterocycles. The highest BCUT2D eigenvalue weighted by molar-refractivity contribution is 5.78. The first-order valence-electron chi connectivity index (χ1n) is 8.11.